The molecule has 0 saturated carbocycles. The summed E-state index contributed by atoms with van der Waals surface area (Å²) in [6, 6.07) is 20.9. The molecule has 3 aromatic rings. The van der Waals surface area contributed by atoms with Gasteiger partial charge in [0.1, 0.15) is 11.8 Å². The van der Waals surface area contributed by atoms with E-state index in [-0.39, 0.29) is 29.4 Å². The Bertz CT molecular complexity index is 1310. The molecular formula is C30H32N2O5S. The summed E-state index contributed by atoms with van der Waals surface area (Å²) < 4.78 is -0.570. The predicted octanol–water partition coefficient (Wildman–Crippen LogP) is 3.97. The molecule has 8 heteroatoms. The largest absolute Gasteiger partial charge is 0.508 e. The van der Waals surface area contributed by atoms with Crippen LogP contribution < -0.4 is 5.32 Å². The van der Waals surface area contributed by atoms with E-state index in [9.17, 15) is 24.6 Å². The molecule has 0 aliphatic carbocycles. The van der Waals surface area contributed by atoms with Gasteiger partial charge in [0.05, 0.1) is 11.9 Å². The standard InChI is InChI=1S/C30H32N2O5S/c1-19-22(15-10-16-24(19)33)28(36)31-23(17-20-11-6-4-7-12-20)26(35)29(37)32-18-38-30(2,3)27(32)25(34)21-13-8-5-9-14-21/h4-16,23,26-27,33,35H,17-18H2,1-3H3,(H,31,36). The molecule has 1 fully saturated rings. The van der Waals surface area contributed by atoms with E-state index in [0.717, 1.165) is 5.56 Å². The number of aliphatic hydroxyl groups is 1. The second kappa shape index (κ2) is 11.4. The van der Waals surface area contributed by atoms with Crippen LogP contribution in [0.5, 0.6) is 5.75 Å². The normalized spacial score (nSPS) is 18.0. The molecule has 3 N–H and O–H groups in total. The van der Waals surface area contributed by atoms with E-state index in [1.54, 1.807) is 43.3 Å². The van der Waals surface area contributed by atoms with Gasteiger partial charge in [-0.2, -0.15) is 0 Å². The number of carbonyl (C=O) groups excluding carboxylic acids is 3. The van der Waals surface area contributed by atoms with Gasteiger partial charge in [-0.15, -0.1) is 11.8 Å². The van der Waals surface area contributed by atoms with Crippen molar-refractivity contribution in [3.05, 3.63) is 101 Å². The zero-order valence-corrected chi connectivity index (χ0v) is 22.4. The number of Topliss-reactive ketones (excluding diaryl/α,β-unsaturated/α-hetero) is 1. The number of rotatable bonds is 8. The number of hydrogen-bond donors (Lipinski definition) is 3. The number of amides is 2. The highest BCUT2D eigenvalue weighted by Crippen LogP contribution is 2.41. The fourth-order valence-electron chi connectivity index (χ4n) is 4.74. The first kappa shape index (κ1) is 27.4. The van der Waals surface area contributed by atoms with E-state index in [1.165, 1.54) is 22.7 Å². The third kappa shape index (κ3) is 5.76. The number of nitrogens with zero attached hydrogens (tertiary/aromatic N) is 1. The first-order valence-electron chi connectivity index (χ1n) is 12.5. The van der Waals surface area contributed by atoms with Gasteiger partial charge in [0, 0.05) is 21.4 Å². The van der Waals surface area contributed by atoms with Crippen LogP contribution in [0.3, 0.4) is 0 Å². The summed E-state index contributed by atoms with van der Waals surface area (Å²) in [6.07, 6.45) is -1.41. The summed E-state index contributed by atoms with van der Waals surface area (Å²) in [5.74, 6) is -1.11. The lowest BCUT2D eigenvalue weighted by Gasteiger charge is -2.33. The molecule has 1 heterocycles. The van der Waals surface area contributed by atoms with E-state index in [2.05, 4.69) is 5.32 Å². The number of aromatic hydroxyl groups is 1. The van der Waals surface area contributed by atoms with Crippen molar-refractivity contribution in [2.75, 3.05) is 5.88 Å². The number of thioether (sulfide) groups is 1. The van der Waals surface area contributed by atoms with Gasteiger partial charge in [-0.3, -0.25) is 14.4 Å². The summed E-state index contributed by atoms with van der Waals surface area (Å²) >= 11 is 1.47. The monoisotopic (exact) mass is 532 g/mol. The Hall–Kier alpha value is -3.62. The van der Waals surface area contributed by atoms with Crippen molar-refractivity contribution in [2.45, 2.75) is 50.1 Å². The van der Waals surface area contributed by atoms with Gasteiger partial charge >= 0.3 is 0 Å². The summed E-state index contributed by atoms with van der Waals surface area (Å²) in [5.41, 5.74) is 1.97. The molecule has 3 aromatic carbocycles. The van der Waals surface area contributed by atoms with Crippen LogP contribution >= 0.6 is 11.8 Å². The molecule has 1 saturated heterocycles. The number of phenols is 1. The second-order valence-corrected chi connectivity index (χ2v) is 11.6. The smallest absolute Gasteiger partial charge is 0.254 e. The zero-order chi connectivity index (χ0) is 27.4. The Labute approximate surface area is 226 Å². The highest BCUT2D eigenvalue weighted by atomic mass is 32.2. The molecule has 4 rings (SSSR count). The molecule has 0 spiro atoms. The molecule has 1 aliphatic heterocycles. The summed E-state index contributed by atoms with van der Waals surface area (Å²) in [6.45, 7) is 5.45. The maximum Gasteiger partial charge on any atom is 0.254 e. The molecule has 198 valence electrons. The molecule has 0 bridgehead atoms. The quantitative estimate of drug-likeness (QED) is 0.379. The van der Waals surface area contributed by atoms with Gasteiger partial charge in [-0.25, -0.2) is 0 Å². The summed E-state index contributed by atoms with van der Waals surface area (Å²) in [7, 11) is 0. The van der Waals surface area contributed by atoms with Crippen molar-refractivity contribution in [3.63, 3.8) is 0 Å². The fourth-order valence-corrected chi connectivity index (χ4v) is 5.88. The van der Waals surface area contributed by atoms with Crippen LogP contribution in [0.4, 0.5) is 0 Å². The highest BCUT2D eigenvalue weighted by molar-refractivity contribution is 8.00. The van der Waals surface area contributed by atoms with Gasteiger partial charge in [0.2, 0.25) is 0 Å². The first-order valence-corrected chi connectivity index (χ1v) is 13.4. The number of benzene rings is 3. The number of aliphatic hydroxyl groups excluding tert-OH is 1. The van der Waals surface area contributed by atoms with Crippen molar-refractivity contribution >= 4 is 29.4 Å². The topological polar surface area (TPSA) is 107 Å². The van der Waals surface area contributed by atoms with Gasteiger partial charge in [0.25, 0.3) is 11.8 Å². The second-order valence-electron chi connectivity index (χ2n) is 9.98. The molecule has 3 unspecified atom stereocenters. The third-order valence-electron chi connectivity index (χ3n) is 6.93. The minimum Gasteiger partial charge on any atom is -0.508 e. The van der Waals surface area contributed by atoms with Crippen LogP contribution in [-0.2, 0) is 11.2 Å². The van der Waals surface area contributed by atoms with Gasteiger partial charge in [0.15, 0.2) is 11.9 Å². The average Bonchev–Trinajstić information content (AvgIpc) is 3.24. The molecule has 3 atom stereocenters. The summed E-state index contributed by atoms with van der Waals surface area (Å²) in [4.78, 5) is 41.9. The lowest BCUT2D eigenvalue weighted by molar-refractivity contribution is -0.141. The molecule has 7 nitrogen and oxygen atoms in total. The molecule has 38 heavy (non-hydrogen) atoms. The SMILES string of the molecule is Cc1c(O)cccc1C(=O)NC(Cc1ccccc1)C(O)C(=O)N1CSC(C)(C)C1C(=O)c1ccccc1. The van der Waals surface area contributed by atoms with Gasteiger partial charge in [-0.05, 0) is 44.9 Å². The van der Waals surface area contributed by atoms with Crippen LogP contribution in [0.2, 0.25) is 0 Å². The van der Waals surface area contributed by atoms with Crippen molar-refractivity contribution in [3.8, 4) is 5.75 Å². The molecular weight excluding hydrogens is 500 g/mol. The van der Waals surface area contributed by atoms with E-state index in [1.807, 2.05) is 50.2 Å². The Morgan fingerprint density at radius 1 is 1.00 bits per heavy atom. The van der Waals surface area contributed by atoms with E-state index in [0.29, 0.717) is 11.1 Å². The number of phenolic OH excluding ortho intramolecular Hbond substituents is 1. The van der Waals surface area contributed by atoms with Crippen molar-refractivity contribution < 1.29 is 24.6 Å². The van der Waals surface area contributed by atoms with E-state index >= 15 is 0 Å². The lowest BCUT2D eigenvalue weighted by Crippen LogP contribution is -2.57. The van der Waals surface area contributed by atoms with Crippen LogP contribution in [0.1, 0.15) is 45.7 Å². The first-order chi connectivity index (χ1) is 18.1. The van der Waals surface area contributed by atoms with Crippen molar-refractivity contribution in [1.29, 1.82) is 0 Å². The van der Waals surface area contributed by atoms with Crippen molar-refractivity contribution in [2.24, 2.45) is 0 Å². The molecule has 2 amide bonds. The highest BCUT2D eigenvalue weighted by Gasteiger charge is 2.49. The summed E-state index contributed by atoms with van der Waals surface area (Å²) in [5, 5.41) is 24.3. The Morgan fingerprint density at radius 2 is 1.63 bits per heavy atom. The van der Waals surface area contributed by atoms with E-state index < -0.39 is 34.7 Å². The maximum absolute atomic E-state index is 13.8. The fraction of sp³-hybridized carbons (Fsp3) is 0.300. The van der Waals surface area contributed by atoms with E-state index in [4.69, 9.17) is 0 Å². The molecule has 0 aromatic heterocycles. The lowest BCUT2D eigenvalue weighted by atomic mass is 9.92. The minimum absolute atomic E-state index is 0.0209. The Kier molecular flexibility index (Phi) is 8.23. The Balaban J connectivity index is 1.62. The number of ketones is 1. The van der Waals surface area contributed by atoms with Crippen LogP contribution in [0.25, 0.3) is 0 Å². The molecule has 1 aliphatic rings. The van der Waals surface area contributed by atoms with Crippen LogP contribution in [0.15, 0.2) is 78.9 Å². The number of nitrogens with one attached hydrogen (secondary N) is 1. The predicted molar refractivity (Wildman–Crippen MR) is 148 cm³/mol. The number of carbonyl (C=O) groups is 3. The van der Waals surface area contributed by atoms with Gasteiger partial charge in [-0.1, -0.05) is 66.7 Å². The average molecular weight is 533 g/mol. The third-order valence-corrected chi connectivity index (χ3v) is 8.31. The van der Waals surface area contributed by atoms with Crippen molar-refractivity contribution in [1.82, 2.24) is 10.2 Å². The van der Waals surface area contributed by atoms with Gasteiger partial charge < -0.3 is 20.4 Å². The minimum atomic E-state index is -1.60. The van der Waals surface area contributed by atoms with Crippen LogP contribution in [-0.4, -0.2) is 61.5 Å². The zero-order valence-electron chi connectivity index (χ0n) is 21.6. The van der Waals surface area contributed by atoms with Crippen LogP contribution in [0, 0.1) is 6.92 Å². The molecule has 0 radical (unpaired) electrons. The Morgan fingerprint density at radius 3 is 2.29 bits per heavy atom. The maximum atomic E-state index is 13.8. The number of hydrogen-bond acceptors (Lipinski definition) is 6.